The van der Waals surface area contributed by atoms with Crippen molar-refractivity contribution >= 4 is 23.6 Å². The summed E-state index contributed by atoms with van der Waals surface area (Å²) in [6.07, 6.45) is -1.69. The van der Waals surface area contributed by atoms with Gasteiger partial charge in [0.1, 0.15) is 11.6 Å². The third-order valence-electron chi connectivity index (χ3n) is 4.26. The maximum absolute atomic E-state index is 12.9. The number of amides is 1. The van der Waals surface area contributed by atoms with E-state index in [1.165, 1.54) is 24.3 Å². The van der Waals surface area contributed by atoms with Crippen molar-refractivity contribution in [2.75, 3.05) is 5.32 Å². The first-order chi connectivity index (χ1) is 14.7. The van der Waals surface area contributed by atoms with Crippen LogP contribution in [0.5, 0.6) is 0 Å². The summed E-state index contributed by atoms with van der Waals surface area (Å²) in [5.74, 6) is -1.99. The van der Waals surface area contributed by atoms with Gasteiger partial charge in [0, 0.05) is 23.3 Å². The highest BCUT2D eigenvalue weighted by Gasteiger charge is 2.30. The molecule has 1 heterocycles. The average molecular weight is 425 g/mol. The van der Waals surface area contributed by atoms with Crippen LogP contribution in [0, 0.1) is 11.3 Å². The van der Waals surface area contributed by atoms with E-state index in [2.05, 4.69) is 5.32 Å². The lowest BCUT2D eigenvalue weighted by molar-refractivity contribution is -0.137. The standard InChI is InChI=1S/C22H14F3N3O3/c23-22(24,25)16-5-2-6-17(12-16)27-20(29)15(13-26)11-19-8-3-9-28(19)18-7-1-4-14(10-18)21(30)31/h1-12H,(H,27,29)(H,30,31)/b15-11-. The number of carbonyl (C=O) groups excluding carboxylic acids is 1. The molecule has 0 aliphatic heterocycles. The Hall–Kier alpha value is -4.32. The van der Waals surface area contributed by atoms with Gasteiger partial charge in [0.05, 0.1) is 11.1 Å². The minimum absolute atomic E-state index is 0.0592. The van der Waals surface area contributed by atoms with Crippen LogP contribution in [0.15, 0.2) is 72.4 Å². The normalized spacial score (nSPS) is 11.6. The summed E-state index contributed by atoms with van der Waals surface area (Å²) in [4.78, 5) is 23.6. The predicted molar refractivity (Wildman–Crippen MR) is 106 cm³/mol. The molecule has 0 spiro atoms. The monoisotopic (exact) mass is 425 g/mol. The van der Waals surface area contributed by atoms with Crippen molar-refractivity contribution < 1.29 is 27.9 Å². The Labute approximate surface area is 174 Å². The van der Waals surface area contributed by atoms with E-state index in [1.807, 2.05) is 0 Å². The summed E-state index contributed by atoms with van der Waals surface area (Å²) in [7, 11) is 0. The molecule has 0 bridgehead atoms. The molecule has 156 valence electrons. The second-order valence-corrected chi connectivity index (χ2v) is 6.36. The Morgan fingerprint density at radius 1 is 1.06 bits per heavy atom. The molecule has 1 aromatic heterocycles. The lowest BCUT2D eigenvalue weighted by atomic mass is 10.1. The van der Waals surface area contributed by atoms with Crippen LogP contribution in [0.4, 0.5) is 18.9 Å². The van der Waals surface area contributed by atoms with Gasteiger partial charge in [0.15, 0.2) is 0 Å². The molecule has 0 atom stereocenters. The number of carbonyl (C=O) groups is 2. The van der Waals surface area contributed by atoms with E-state index in [-0.39, 0.29) is 16.8 Å². The Bertz CT molecular complexity index is 1220. The molecule has 0 aliphatic carbocycles. The van der Waals surface area contributed by atoms with E-state index in [0.29, 0.717) is 11.4 Å². The lowest BCUT2D eigenvalue weighted by Gasteiger charge is -2.10. The predicted octanol–water partition coefficient (Wildman–Crippen LogP) is 4.74. The number of aromatic nitrogens is 1. The maximum atomic E-state index is 12.9. The zero-order valence-corrected chi connectivity index (χ0v) is 15.7. The summed E-state index contributed by atoms with van der Waals surface area (Å²) in [6, 6.07) is 15.1. The van der Waals surface area contributed by atoms with Gasteiger partial charge in [-0.05, 0) is 54.6 Å². The molecule has 0 saturated carbocycles. The fourth-order valence-corrected chi connectivity index (χ4v) is 2.80. The number of alkyl halides is 3. The number of hydrogen-bond acceptors (Lipinski definition) is 3. The third-order valence-corrected chi connectivity index (χ3v) is 4.26. The number of nitrogens with one attached hydrogen (secondary N) is 1. The highest BCUT2D eigenvalue weighted by molar-refractivity contribution is 6.09. The number of nitrogens with zero attached hydrogens (tertiary/aromatic N) is 2. The number of benzene rings is 2. The molecule has 0 fully saturated rings. The SMILES string of the molecule is N#C/C(=C/c1cccn1-c1cccc(C(=O)O)c1)C(=O)Nc1cccc(C(F)(F)F)c1. The van der Waals surface area contributed by atoms with Gasteiger partial charge in [-0.15, -0.1) is 0 Å². The van der Waals surface area contributed by atoms with Crippen molar-refractivity contribution in [2.45, 2.75) is 6.18 Å². The molecule has 2 N–H and O–H groups in total. The fourth-order valence-electron chi connectivity index (χ4n) is 2.80. The number of rotatable bonds is 5. The van der Waals surface area contributed by atoms with E-state index in [4.69, 9.17) is 5.11 Å². The third kappa shape index (κ3) is 5.00. The molecular weight excluding hydrogens is 411 g/mol. The Kier molecular flexibility index (Phi) is 5.93. The molecule has 0 radical (unpaired) electrons. The molecule has 1 amide bonds. The summed E-state index contributed by atoms with van der Waals surface area (Å²) < 4.78 is 40.1. The van der Waals surface area contributed by atoms with E-state index in [1.54, 1.807) is 41.1 Å². The van der Waals surface area contributed by atoms with Gasteiger partial charge in [0.25, 0.3) is 5.91 Å². The first-order valence-corrected chi connectivity index (χ1v) is 8.80. The molecule has 0 aliphatic rings. The van der Waals surface area contributed by atoms with Crippen molar-refractivity contribution in [1.82, 2.24) is 4.57 Å². The second kappa shape index (κ2) is 8.59. The number of carboxylic acids is 1. The summed E-state index contributed by atoms with van der Waals surface area (Å²) >= 11 is 0. The van der Waals surface area contributed by atoms with Crippen LogP contribution in [-0.4, -0.2) is 21.6 Å². The van der Waals surface area contributed by atoms with Gasteiger partial charge in [-0.2, -0.15) is 18.4 Å². The van der Waals surface area contributed by atoms with Crippen LogP contribution >= 0.6 is 0 Å². The molecule has 31 heavy (non-hydrogen) atoms. The number of halogens is 3. The number of nitriles is 1. The van der Waals surface area contributed by atoms with Gasteiger partial charge in [-0.3, -0.25) is 4.79 Å². The van der Waals surface area contributed by atoms with Crippen LogP contribution in [0.25, 0.3) is 11.8 Å². The molecule has 9 heteroatoms. The van der Waals surface area contributed by atoms with Gasteiger partial charge >= 0.3 is 12.1 Å². The zero-order chi connectivity index (χ0) is 22.6. The Balaban J connectivity index is 1.89. The fraction of sp³-hybridized carbons (Fsp3) is 0.0455. The van der Waals surface area contributed by atoms with Crippen molar-refractivity contribution in [2.24, 2.45) is 0 Å². The largest absolute Gasteiger partial charge is 0.478 e. The van der Waals surface area contributed by atoms with Crippen molar-refractivity contribution in [3.8, 4) is 11.8 Å². The molecule has 3 aromatic rings. The van der Waals surface area contributed by atoms with Crippen molar-refractivity contribution in [3.63, 3.8) is 0 Å². The van der Waals surface area contributed by atoms with E-state index < -0.39 is 23.6 Å². The number of anilines is 1. The Morgan fingerprint density at radius 2 is 1.81 bits per heavy atom. The smallest absolute Gasteiger partial charge is 0.416 e. The Morgan fingerprint density at radius 3 is 2.48 bits per heavy atom. The minimum Gasteiger partial charge on any atom is -0.478 e. The van der Waals surface area contributed by atoms with Crippen LogP contribution in [0.3, 0.4) is 0 Å². The summed E-state index contributed by atoms with van der Waals surface area (Å²) in [5, 5.41) is 20.8. The van der Waals surface area contributed by atoms with E-state index >= 15 is 0 Å². The highest BCUT2D eigenvalue weighted by Crippen LogP contribution is 2.30. The number of aromatic carboxylic acids is 1. The van der Waals surface area contributed by atoms with Gasteiger partial charge in [0.2, 0.25) is 0 Å². The van der Waals surface area contributed by atoms with Crippen molar-refractivity contribution in [1.29, 1.82) is 5.26 Å². The van der Waals surface area contributed by atoms with Gasteiger partial charge in [-0.1, -0.05) is 12.1 Å². The average Bonchev–Trinajstić information content (AvgIpc) is 3.20. The molecule has 0 unspecified atom stereocenters. The number of carboxylic acid groups (broad SMARTS) is 1. The molecule has 2 aromatic carbocycles. The van der Waals surface area contributed by atoms with Crippen LogP contribution in [-0.2, 0) is 11.0 Å². The van der Waals surface area contributed by atoms with Crippen molar-refractivity contribution in [3.05, 3.63) is 89.3 Å². The topological polar surface area (TPSA) is 95.1 Å². The second-order valence-electron chi connectivity index (χ2n) is 6.36. The summed E-state index contributed by atoms with van der Waals surface area (Å²) in [5.41, 5.74) is -0.425. The number of hydrogen-bond donors (Lipinski definition) is 2. The van der Waals surface area contributed by atoms with Crippen LogP contribution in [0.1, 0.15) is 21.6 Å². The van der Waals surface area contributed by atoms with E-state index in [0.717, 1.165) is 18.2 Å². The van der Waals surface area contributed by atoms with Gasteiger partial charge in [-0.25, -0.2) is 4.79 Å². The van der Waals surface area contributed by atoms with Crippen LogP contribution in [0.2, 0.25) is 0 Å². The lowest BCUT2D eigenvalue weighted by Crippen LogP contribution is -2.14. The molecular formula is C22H14F3N3O3. The van der Waals surface area contributed by atoms with Gasteiger partial charge < -0.3 is 15.0 Å². The quantitative estimate of drug-likeness (QED) is 0.456. The first kappa shape index (κ1) is 21.4. The first-order valence-electron chi connectivity index (χ1n) is 8.80. The molecule has 6 nitrogen and oxygen atoms in total. The maximum Gasteiger partial charge on any atom is 0.416 e. The molecule has 0 saturated heterocycles. The minimum atomic E-state index is -4.57. The van der Waals surface area contributed by atoms with Crippen LogP contribution < -0.4 is 5.32 Å². The zero-order valence-electron chi connectivity index (χ0n) is 15.7. The molecule has 3 rings (SSSR count). The summed E-state index contributed by atoms with van der Waals surface area (Å²) in [6.45, 7) is 0. The van der Waals surface area contributed by atoms with E-state index in [9.17, 15) is 28.0 Å². The highest BCUT2D eigenvalue weighted by atomic mass is 19.4.